The average molecular weight is 631 g/mol. The van der Waals surface area contributed by atoms with Crippen LogP contribution in [0.5, 0.6) is 11.5 Å². The van der Waals surface area contributed by atoms with Crippen LogP contribution in [0.15, 0.2) is 78.9 Å². The van der Waals surface area contributed by atoms with Crippen LogP contribution in [-0.4, -0.2) is 85.0 Å². The van der Waals surface area contributed by atoms with Gasteiger partial charge in [-0.1, -0.05) is 54.6 Å². The van der Waals surface area contributed by atoms with Gasteiger partial charge in [-0.25, -0.2) is 4.79 Å². The SMILES string of the molecule is CN1CC(=O)NCCCOc2ccccc2C(=O)N[C@H](C(=O)O)CCC(=O)N[C@H](Cc2ccccc2)COc2ccccc2C1=O. The number of carboxylic acids is 1. The first-order valence-corrected chi connectivity index (χ1v) is 15.0. The molecule has 12 nitrogen and oxygen atoms in total. The van der Waals surface area contributed by atoms with Crippen molar-refractivity contribution in [2.24, 2.45) is 0 Å². The van der Waals surface area contributed by atoms with Crippen molar-refractivity contribution in [2.45, 2.75) is 37.8 Å². The van der Waals surface area contributed by atoms with Crippen molar-refractivity contribution < 1.29 is 38.6 Å². The van der Waals surface area contributed by atoms with Gasteiger partial charge in [-0.15, -0.1) is 0 Å². The zero-order chi connectivity index (χ0) is 32.9. The number of benzene rings is 3. The van der Waals surface area contributed by atoms with Crippen LogP contribution in [0.1, 0.15) is 45.5 Å². The van der Waals surface area contributed by atoms with Crippen molar-refractivity contribution in [1.29, 1.82) is 0 Å². The second-order valence-electron chi connectivity index (χ2n) is 10.9. The summed E-state index contributed by atoms with van der Waals surface area (Å²) in [5.41, 5.74) is 1.33. The number of likely N-dealkylation sites (N-methyl/N-ethyl adjacent to an activating group) is 1. The molecule has 4 N–H and O–H groups in total. The Balaban J connectivity index is 1.57. The van der Waals surface area contributed by atoms with Crippen molar-refractivity contribution in [3.8, 4) is 11.5 Å². The molecular weight excluding hydrogens is 592 g/mol. The first-order valence-electron chi connectivity index (χ1n) is 15.0. The van der Waals surface area contributed by atoms with Gasteiger partial charge in [0.2, 0.25) is 11.8 Å². The summed E-state index contributed by atoms with van der Waals surface area (Å²) in [4.78, 5) is 65.4. The van der Waals surface area contributed by atoms with Gasteiger partial charge < -0.3 is 35.4 Å². The third-order valence-electron chi connectivity index (χ3n) is 7.27. The molecule has 0 saturated carbocycles. The van der Waals surface area contributed by atoms with Crippen LogP contribution in [0, 0.1) is 0 Å². The number of rotatable bonds is 3. The highest BCUT2D eigenvalue weighted by atomic mass is 16.5. The van der Waals surface area contributed by atoms with Gasteiger partial charge in [0.1, 0.15) is 24.1 Å². The molecule has 1 aliphatic rings. The molecule has 0 radical (unpaired) electrons. The Morgan fingerprint density at radius 3 is 2.22 bits per heavy atom. The van der Waals surface area contributed by atoms with E-state index in [-0.39, 0.29) is 67.7 Å². The van der Waals surface area contributed by atoms with Crippen molar-refractivity contribution >= 4 is 29.6 Å². The lowest BCUT2D eigenvalue weighted by molar-refractivity contribution is -0.139. The van der Waals surface area contributed by atoms with E-state index in [1.807, 2.05) is 30.3 Å². The number of nitrogens with zero attached hydrogens (tertiary/aromatic N) is 1. The van der Waals surface area contributed by atoms with Gasteiger partial charge in [-0.05, 0) is 49.1 Å². The molecule has 0 fully saturated rings. The summed E-state index contributed by atoms with van der Waals surface area (Å²) in [6.07, 6.45) is 0.478. The highest BCUT2D eigenvalue weighted by Gasteiger charge is 2.25. The fourth-order valence-electron chi connectivity index (χ4n) is 4.89. The lowest BCUT2D eigenvalue weighted by Crippen LogP contribution is -2.44. The summed E-state index contributed by atoms with van der Waals surface area (Å²) < 4.78 is 11.8. The Morgan fingerprint density at radius 1 is 0.848 bits per heavy atom. The van der Waals surface area contributed by atoms with Crippen LogP contribution in [0.4, 0.5) is 0 Å². The Morgan fingerprint density at radius 2 is 1.50 bits per heavy atom. The third kappa shape index (κ3) is 9.81. The van der Waals surface area contributed by atoms with Crippen LogP contribution in [-0.2, 0) is 20.8 Å². The Bertz CT molecular complexity index is 1530. The topological polar surface area (TPSA) is 163 Å². The molecule has 0 saturated heterocycles. The zero-order valence-corrected chi connectivity index (χ0v) is 25.6. The lowest BCUT2D eigenvalue weighted by Gasteiger charge is -2.22. The van der Waals surface area contributed by atoms with Crippen molar-refractivity contribution in [2.75, 3.05) is 33.4 Å². The van der Waals surface area contributed by atoms with Crippen LogP contribution >= 0.6 is 0 Å². The van der Waals surface area contributed by atoms with Gasteiger partial charge in [0.05, 0.1) is 30.3 Å². The first-order chi connectivity index (χ1) is 22.2. The molecule has 0 bridgehead atoms. The number of nitrogens with one attached hydrogen (secondary N) is 3. The fourth-order valence-corrected chi connectivity index (χ4v) is 4.89. The summed E-state index contributed by atoms with van der Waals surface area (Å²) in [5, 5.41) is 18.0. The number of carbonyl (C=O) groups is 5. The minimum absolute atomic E-state index is 0.00497. The first kappa shape index (κ1) is 33.5. The van der Waals surface area contributed by atoms with Crippen molar-refractivity contribution in [1.82, 2.24) is 20.9 Å². The number of fused-ring (bicyclic) bond motifs is 2. The molecule has 0 unspecified atom stereocenters. The smallest absolute Gasteiger partial charge is 0.326 e. The number of aliphatic carboxylic acids is 1. The maximum atomic E-state index is 13.3. The van der Waals surface area contributed by atoms with Gasteiger partial charge in [-0.2, -0.15) is 0 Å². The maximum Gasteiger partial charge on any atom is 0.326 e. The molecule has 46 heavy (non-hydrogen) atoms. The summed E-state index contributed by atoms with van der Waals surface area (Å²) in [5.74, 6) is -2.60. The summed E-state index contributed by atoms with van der Waals surface area (Å²) in [6.45, 7) is 0.246. The summed E-state index contributed by atoms with van der Waals surface area (Å²) in [6, 6.07) is 20.6. The van der Waals surface area contributed by atoms with E-state index in [4.69, 9.17) is 9.47 Å². The number of hydrogen-bond donors (Lipinski definition) is 4. The quantitative estimate of drug-likeness (QED) is 0.343. The maximum absolute atomic E-state index is 13.3. The highest BCUT2D eigenvalue weighted by Crippen LogP contribution is 2.21. The van der Waals surface area contributed by atoms with E-state index in [1.54, 1.807) is 42.5 Å². The Kier molecular flexibility index (Phi) is 12.1. The average Bonchev–Trinajstić information content (AvgIpc) is 3.05. The summed E-state index contributed by atoms with van der Waals surface area (Å²) >= 11 is 0. The molecule has 1 aliphatic heterocycles. The van der Waals surface area contributed by atoms with Gasteiger partial charge in [-0.3, -0.25) is 19.2 Å². The highest BCUT2D eigenvalue weighted by molar-refractivity contribution is 5.99. The predicted molar refractivity (Wildman–Crippen MR) is 169 cm³/mol. The number of carbonyl (C=O) groups excluding carboxylic acids is 4. The van der Waals surface area contributed by atoms with Crippen LogP contribution in [0.25, 0.3) is 0 Å². The van der Waals surface area contributed by atoms with E-state index in [9.17, 15) is 29.1 Å². The van der Waals surface area contributed by atoms with E-state index in [0.717, 1.165) is 5.56 Å². The van der Waals surface area contributed by atoms with Crippen LogP contribution in [0.3, 0.4) is 0 Å². The normalized spacial score (nSPS) is 19.2. The van der Waals surface area contributed by atoms with E-state index >= 15 is 0 Å². The van der Waals surface area contributed by atoms with Crippen LogP contribution < -0.4 is 25.4 Å². The van der Waals surface area contributed by atoms with E-state index in [2.05, 4.69) is 16.0 Å². The van der Waals surface area contributed by atoms with Crippen molar-refractivity contribution in [3.63, 3.8) is 0 Å². The molecule has 1 heterocycles. The minimum Gasteiger partial charge on any atom is -0.493 e. The molecule has 0 aromatic heterocycles. The lowest BCUT2D eigenvalue weighted by atomic mass is 10.1. The number of carboxylic acid groups (broad SMARTS) is 1. The van der Waals surface area contributed by atoms with Gasteiger partial charge >= 0.3 is 5.97 Å². The molecule has 4 amide bonds. The monoisotopic (exact) mass is 630 g/mol. The molecule has 2 atom stereocenters. The molecule has 242 valence electrons. The second-order valence-corrected chi connectivity index (χ2v) is 10.9. The minimum atomic E-state index is -1.33. The largest absolute Gasteiger partial charge is 0.493 e. The standard InChI is InChI=1S/C34H38N4O8/c1-38-21-31(40)35-18-9-19-45-28-14-7-5-12-25(28)32(41)37-27(34(43)44)16-17-30(39)36-24(20-23-10-3-2-4-11-23)22-46-29-15-8-6-13-26(29)33(38)42/h2-8,10-15,24,27H,9,16-22H2,1H3,(H,35,40)(H,36,39)(H,37,41)(H,43,44)/t24-,27+/m1/s1. The molecule has 0 spiro atoms. The van der Waals surface area contributed by atoms with Gasteiger partial charge in [0.25, 0.3) is 11.8 Å². The summed E-state index contributed by atoms with van der Waals surface area (Å²) in [7, 11) is 1.52. The number of amides is 4. The molecule has 12 heteroatoms. The molecule has 4 rings (SSSR count). The zero-order valence-electron chi connectivity index (χ0n) is 25.6. The fraction of sp³-hybridized carbons (Fsp3) is 0.324. The molecule has 3 aromatic carbocycles. The predicted octanol–water partition coefficient (Wildman–Crippen LogP) is 2.43. The van der Waals surface area contributed by atoms with Crippen LogP contribution in [0.2, 0.25) is 0 Å². The van der Waals surface area contributed by atoms with E-state index in [0.29, 0.717) is 12.8 Å². The second kappa shape index (κ2) is 16.6. The number of para-hydroxylation sites is 2. The third-order valence-corrected chi connectivity index (χ3v) is 7.27. The Hall–Kier alpha value is -5.39. The molecular formula is C34H38N4O8. The molecule has 0 aliphatic carbocycles. The Labute approximate surface area is 267 Å². The number of hydrogen-bond acceptors (Lipinski definition) is 7. The van der Waals surface area contributed by atoms with E-state index in [1.165, 1.54) is 18.0 Å². The van der Waals surface area contributed by atoms with Gasteiger partial charge in [0, 0.05) is 20.0 Å². The molecule has 3 aromatic rings. The number of ether oxygens (including phenoxy) is 2. The van der Waals surface area contributed by atoms with Crippen molar-refractivity contribution in [3.05, 3.63) is 95.6 Å². The van der Waals surface area contributed by atoms with E-state index < -0.39 is 35.8 Å². The van der Waals surface area contributed by atoms with Gasteiger partial charge in [0.15, 0.2) is 0 Å².